The first kappa shape index (κ1) is 11.5. The molecule has 1 aromatic heterocycles. The fraction of sp³-hybridized carbons (Fsp3) is 0.667. The molecule has 1 aromatic rings. The highest BCUT2D eigenvalue weighted by atomic mass is 16.1. The molecule has 1 heterocycles. The average Bonchev–Trinajstić information content (AvgIpc) is 2.11. The third-order valence-corrected chi connectivity index (χ3v) is 1.94. The summed E-state index contributed by atoms with van der Waals surface area (Å²) in [5.74, 6) is 5.89. The summed E-state index contributed by atoms with van der Waals surface area (Å²) in [6.45, 7) is 8.21. The molecule has 0 aromatic carbocycles. The molecular formula is C9H17N5O. The van der Waals surface area contributed by atoms with Crippen molar-refractivity contribution in [2.75, 3.05) is 17.7 Å². The molecule has 15 heavy (non-hydrogen) atoms. The Hall–Kier alpha value is -1.59. The van der Waals surface area contributed by atoms with E-state index in [1.54, 1.807) is 0 Å². The van der Waals surface area contributed by atoms with Crippen LogP contribution in [0.3, 0.4) is 0 Å². The van der Waals surface area contributed by atoms with Crippen molar-refractivity contribution < 1.29 is 0 Å². The first-order valence-corrected chi connectivity index (χ1v) is 4.87. The van der Waals surface area contributed by atoms with E-state index in [4.69, 9.17) is 5.84 Å². The maximum Gasteiger partial charge on any atom is 0.295 e. The molecule has 6 nitrogen and oxygen atoms in total. The summed E-state index contributed by atoms with van der Waals surface area (Å²) in [6, 6.07) is 0. The molecule has 0 saturated carbocycles. The Balaban J connectivity index is 3.28. The van der Waals surface area contributed by atoms with Gasteiger partial charge in [-0.3, -0.25) is 4.79 Å². The molecule has 6 heteroatoms. The third kappa shape index (κ3) is 2.26. The first-order chi connectivity index (χ1) is 6.88. The van der Waals surface area contributed by atoms with Gasteiger partial charge in [0.2, 0.25) is 5.95 Å². The van der Waals surface area contributed by atoms with E-state index in [1.165, 1.54) is 0 Å². The molecule has 0 amide bonds. The van der Waals surface area contributed by atoms with Gasteiger partial charge in [0.15, 0.2) is 0 Å². The number of hydrogen-bond donors (Lipinski definition) is 2. The number of nitrogens with two attached hydrogens (primary N) is 1. The summed E-state index contributed by atoms with van der Waals surface area (Å²) in [4.78, 5) is 11.8. The molecule has 0 atom stereocenters. The third-order valence-electron chi connectivity index (χ3n) is 1.94. The largest absolute Gasteiger partial charge is 0.353 e. The number of anilines is 1. The molecule has 3 N–H and O–H groups in total. The molecule has 1 rings (SSSR count). The fourth-order valence-corrected chi connectivity index (χ4v) is 1.15. The van der Waals surface area contributed by atoms with E-state index in [-0.39, 0.29) is 16.9 Å². The molecule has 0 aliphatic heterocycles. The lowest BCUT2D eigenvalue weighted by atomic mass is 9.93. The normalized spacial score (nSPS) is 11.5. The van der Waals surface area contributed by atoms with Crippen LogP contribution in [0.5, 0.6) is 0 Å². The smallest absolute Gasteiger partial charge is 0.295 e. The lowest BCUT2D eigenvalue weighted by molar-refractivity contribution is 0.538. The zero-order valence-corrected chi connectivity index (χ0v) is 9.53. The van der Waals surface area contributed by atoms with Crippen LogP contribution in [-0.4, -0.2) is 21.4 Å². The lowest BCUT2D eigenvalue weighted by Crippen LogP contribution is -2.38. The Kier molecular flexibility index (Phi) is 2.97. The van der Waals surface area contributed by atoms with E-state index in [9.17, 15) is 4.79 Å². The first-order valence-electron chi connectivity index (χ1n) is 4.87. The van der Waals surface area contributed by atoms with Gasteiger partial charge in [-0.15, -0.1) is 10.2 Å². The Morgan fingerprint density at radius 2 is 2.00 bits per heavy atom. The summed E-state index contributed by atoms with van der Waals surface area (Å²) in [5.41, 5.74) is -0.296. The van der Waals surface area contributed by atoms with Crippen LogP contribution in [0, 0.1) is 0 Å². The summed E-state index contributed by atoms with van der Waals surface area (Å²) in [5, 5.41) is 10.6. The van der Waals surface area contributed by atoms with Crippen LogP contribution in [0.15, 0.2) is 4.79 Å². The minimum atomic E-state index is -0.351. The lowest BCUT2D eigenvalue weighted by Gasteiger charge is -2.17. The second-order valence-electron chi connectivity index (χ2n) is 4.33. The second kappa shape index (κ2) is 3.88. The maximum absolute atomic E-state index is 11.8. The molecular weight excluding hydrogens is 194 g/mol. The van der Waals surface area contributed by atoms with E-state index in [0.29, 0.717) is 12.2 Å². The highest BCUT2D eigenvalue weighted by molar-refractivity contribution is 5.25. The van der Waals surface area contributed by atoms with E-state index in [0.717, 1.165) is 4.68 Å². The highest BCUT2D eigenvalue weighted by Crippen LogP contribution is 2.15. The standard InChI is InChI=1S/C9H17N5O/c1-5-11-8-13-12-6(9(2,3)4)7(15)14(8)10/h5,10H2,1-4H3,(H,11,13). The van der Waals surface area contributed by atoms with Crippen molar-refractivity contribution in [3.05, 3.63) is 16.0 Å². The summed E-state index contributed by atoms with van der Waals surface area (Å²) >= 11 is 0. The van der Waals surface area contributed by atoms with Crippen LogP contribution in [0.25, 0.3) is 0 Å². The second-order valence-corrected chi connectivity index (χ2v) is 4.33. The summed E-state index contributed by atoms with van der Waals surface area (Å²) in [7, 11) is 0. The Morgan fingerprint density at radius 1 is 1.40 bits per heavy atom. The van der Waals surface area contributed by atoms with Crippen molar-refractivity contribution in [1.82, 2.24) is 14.9 Å². The van der Waals surface area contributed by atoms with Gasteiger partial charge in [0.1, 0.15) is 5.69 Å². The molecule has 0 spiro atoms. The average molecular weight is 211 g/mol. The Bertz CT molecular complexity index is 404. The Morgan fingerprint density at radius 3 is 2.47 bits per heavy atom. The molecule has 0 unspecified atom stereocenters. The van der Waals surface area contributed by atoms with Gasteiger partial charge in [0.05, 0.1) is 0 Å². The number of aromatic nitrogens is 3. The Labute approximate surface area is 88.5 Å². The van der Waals surface area contributed by atoms with Crippen molar-refractivity contribution in [3.63, 3.8) is 0 Å². The fourth-order valence-electron chi connectivity index (χ4n) is 1.15. The van der Waals surface area contributed by atoms with Crippen molar-refractivity contribution in [1.29, 1.82) is 0 Å². The predicted octanol–water partition coefficient (Wildman–Crippen LogP) is 0.0814. The zero-order chi connectivity index (χ0) is 11.6. The van der Waals surface area contributed by atoms with Gasteiger partial charge in [0.25, 0.3) is 5.56 Å². The molecule has 0 saturated heterocycles. The molecule has 0 aliphatic rings. The number of nitrogens with zero attached hydrogens (tertiary/aromatic N) is 3. The zero-order valence-electron chi connectivity index (χ0n) is 9.53. The van der Waals surface area contributed by atoms with Crippen LogP contribution in [0.2, 0.25) is 0 Å². The summed E-state index contributed by atoms with van der Waals surface area (Å²) in [6.07, 6.45) is 0. The van der Waals surface area contributed by atoms with Crippen LogP contribution in [-0.2, 0) is 5.41 Å². The van der Waals surface area contributed by atoms with Crippen LogP contribution in [0.1, 0.15) is 33.4 Å². The van der Waals surface area contributed by atoms with E-state index >= 15 is 0 Å². The van der Waals surface area contributed by atoms with Crippen LogP contribution >= 0.6 is 0 Å². The molecule has 0 radical (unpaired) electrons. The van der Waals surface area contributed by atoms with Crippen LogP contribution in [0.4, 0.5) is 5.95 Å². The van der Waals surface area contributed by atoms with Gasteiger partial charge in [-0.1, -0.05) is 20.8 Å². The van der Waals surface area contributed by atoms with Crippen molar-refractivity contribution in [2.45, 2.75) is 33.1 Å². The van der Waals surface area contributed by atoms with Gasteiger partial charge < -0.3 is 11.2 Å². The van der Waals surface area contributed by atoms with Gasteiger partial charge in [-0.25, -0.2) is 0 Å². The predicted molar refractivity (Wildman–Crippen MR) is 59.3 cm³/mol. The minimum absolute atomic E-state index is 0.288. The molecule has 0 aliphatic carbocycles. The van der Waals surface area contributed by atoms with Gasteiger partial charge >= 0.3 is 0 Å². The van der Waals surface area contributed by atoms with Gasteiger partial charge in [0, 0.05) is 12.0 Å². The van der Waals surface area contributed by atoms with Crippen molar-refractivity contribution in [2.24, 2.45) is 0 Å². The molecule has 84 valence electrons. The number of rotatable bonds is 2. The van der Waals surface area contributed by atoms with E-state index in [2.05, 4.69) is 15.5 Å². The topological polar surface area (TPSA) is 85.8 Å². The quantitative estimate of drug-likeness (QED) is 0.677. The SMILES string of the molecule is CCNc1nnc(C(C)(C)C)c(=O)n1N. The van der Waals surface area contributed by atoms with Crippen LogP contribution < -0.4 is 16.7 Å². The van der Waals surface area contributed by atoms with Gasteiger partial charge in [-0.05, 0) is 6.92 Å². The van der Waals surface area contributed by atoms with Gasteiger partial charge in [-0.2, -0.15) is 4.68 Å². The molecule has 0 bridgehead atoms. The highest BCUT2D eigenvalue weighted by Gasteiger charge is 2.22. The summed E-state index contributed by atoms with van der Waals surface area (Å²) < 4.78 is 0.997. The maximum atomic E-state index is 11.8. The van der Waals surface area contributed by atoms with E-state index < -0.39 is 0 Å². The number of nitrogens with one attached hydrogen (secondary N) is 1. The molecule has 0 fully saturated rings. The minimum Gasteiger partial charge on any atom is -0.353 e. The van der Waals surface area contributed by atoms with Crippen molar-refractivity contribution in [3.8, 4) is 0 Å². The van der Waals surface area contributed by atoms with E-state index in [1.807, 2.05) is 27.7 Å². The van der Waals surface area contributed by atoms with Crippen molar-refractivity contribution >= 4 is 5.95 Å². The monoisotopic (exact) mass is 211 g/mol. The number of nitrogen functional groups attached to an aromatic ring is 1. The number of hydrogen-bond acceptors (Lipinski definition) is 5.